The zero-order valence-electron chi connectivity index (χ0n) is 11.7. The highest BCUT2D eigenvalue weighted by atomic mass is 16.6. The summed E-state index contributed by atoms with van der Waals surface area (Å²) in [5, 5.41) is 13.2. The van der Waals surface area contributed by atoms with Crippen molar-refractivity contribution in [2.24, 2.45) is 0 Å². The minimum Gasteiger partial charge on any atom is -0.464 e. The average molecular weight is 292 g/mol. The Bertz CT molecular complexity index is 568. The summed E-state index contributed by atoms with van der Waals surface area (Å²) in [6, 6.07) is 5.26. The third kappa shape index (κ3) is 5.06. The van der Waals surface area contributed by atoms with Gasteiger partial charge in [-0.1, -0.05) is 12.1 Å². The number of nitro groups is 1. The second-order valence-electron chi connectivity index (χ2n) is 4.13. The fourth-order valence-corrected chi connectivity index (χ4v) is 1.55. The summed E-state index contributed by atoms with van der Waals surface area (Å²) in [4.78, 5) is 33.3. The summed E-state index contributed by atoms with van der Waals surface area (Å²) >= 11 is 0. The SMILES string of the molecule is CCOC(=O)C(C)NC(=O)C=Cc1ccccc1[N+](=O)[O-]. The van der Waals surface area contributed by atoms with Crippen molar-refractivity contribution in [1.82, 2.24) is 5.32 Å². The van der Waals surface area contributed by atoms with Crippen LogP contribution >= 0.6 is 0 Å². The van der Waals surface area contributed by atoms with Crippen molar-refractivity contribution in [1.29, 1.82) is 0 Å². The molecule has 1 aromatic rings. The number of ether oxygens (including phenoxy) is 1. The summed E-state index contributed by atoms with van der Waals surface area (Å²) in [6.07, 6.45) is 2.46. The van der Waals surface area contributed by atoms with Crippen molar-refractivity contribution in [2.45, 2.75) is 19.9 Å². The quantitative estimate of drug-likeness (QED) is 0.372. The minimum absolute atomic E-state index is 0.0972. The first-order chi connectivity index (χ1) is 9.95. The van der Waals surface area contributed by atoms with Gasteiger partial charge in [0.05, 0.1) is 17.1 Å². The number of esters is 1. The lowest BCUT2D eigenvalue weighted by molar-refractivity contribution is -0.385. The molecular weight excluding hydrogens is 276 g/mol. The fraction of sp³-hybridized carbons (Fsp3) is 0.286. The molecule has 0 aromatic heterocycles. The van der Waals surface area contributed by atoms with Gasteiger partial charge in [0.15, 0.2) is 0 Å². The Morgan fingerprint density at radius 2 is 2.10 bits per heavy atom. The van der Waals surface area contributed by atoms with E-state index in [9.17, 15) is 19.7 Å². The Kier molecular flexibility index (Phi) is 6.06. The Morgan fingerprint density at radius 1 is 1.43 bits per heavy atom. The normalized spacial score (nSPS) is 11.9. The number of hydrogen-bond donors (Lipinski definition) is 1. The molecule has 0 spiro atoms. The number of hydrogen-bond acceptors (Lipinski definition) is 5. The molecule has 0 aliphatic carbocycles. The smallest absolute Gasteiger partial charge is 0.328 e. The summed E-state index contributed by atoms with van der Waals surface area (Å²) in [5.41, 5.74) is 0.210. The standard InChI is InChI=1S/C14H16N2O5/c1-3-21-14(18)10(2)15-13(17)9-8-11-6-4-5-7-12(11)16(19)20/h4-10H,3H2,1-2H3,(H,15,17). The number of nitrogens with zero attached hydrogens (tertiary/aromatic N) is 1. The van der Waals surface area contributed by atoms with E-state index in [0.717, 1.165) is 6.08 Å². The molecule has 0 fully saturated rings. The fourth-order valence-electron chi connectivity index (χ4n) is 1.55. The van der Waals surface area contributed by atoms with E-state index in [1.807, 2.05) is 0 Å². The van der Waals surface area contributed by atoms with Gasteiger partial charge >= 0.3 is 5.97 Å². The maximum Gasteiger partial charge on any atom is 0.328 e. The summed E-state index contributed by atoms with van der Waals surface area (Å²) in [6.45, 7) is 3.39. The van der Waals surface area contributed by atoms with Crippen molar-refractivity contribution in [3.05, 3.63) is 46.0 Å². The molecule has 1 N–H and O–H groups in total. The van der Waals surface area contributed by atoms with Gasteiger partial charge in [0.2, 0.25) is 5.91 Å². The van der Waals surface area contributed by atoms with Crippen LogP contribution in [0.15, 0.2) is 30.3 Å². The first-order valence-electron chi connectivity index (χ1n) is 6.34. The lowest BCUT2D eigenvalue weighted by Gasteiger charge is -2.10. The largest absolute Gasteiger partial charge is 0.464 e. The average Bonchev–Trinajstić information content (AvgIpc) is 2.45. The third-order valence-electron chi connectivity index (χ3n) is 2.55. The van der Waals surface area contributed by atoms with Gasteiger partial charge in [-0.2, -0.15) is 0 Å². The molecule has 1 amide bonds. The molecule has 0 radical (unpaired) electrons. The van der Waals surface area contributed by atoms with Crippen molar-refractivity contribution < 1.29 is 19.2 Å². The number of carbonyl (C=O) groups excluding carboxylic acids is 2. The van der Waals surface area contributed by atoms with E-state index >= 15 is 0 Å². The molecule has 0 bridgehead atoms. The topological polar surface area (TPSA) is 98.5 Å². The number of amides is 1. The number of benzene rings is 1. The maximum atomic E-state index is 11.6. The van der Waals surface area contributed by atoms with Crippen LogP contribution in [0, 0.1) is 10.1 Å². The van der Waals surface area contributed by atoms with Gasteiger partial charge in [-0.3, -0.25) is 14.9 Å². The van der Waals surface area contributed by atoms with Gasteiger partial charge in [-0.05, 0) is 26.0 Å². The van der Waals surface area contributed by atoms with E-state index in [0.29, 0.717) is 5.56 Å². The minimum atomic E-state index is -0.784. The van der Waals surface area contributed by atoms with E-state index in [1.54, 1.807) is 19.1 Å². The van der Waals surface area contributed by atoms with Gasteiger partial charge in [0.1, 0.15) is 6.04 Å². The molecule has 1 unspecified atom stereocenters. The Morgan fingerprint density at radius 3 is 2.71 bits per heavy atom. The van der Waals surface area contributed by atoms with E-state index in [2.05, 4.69) is 5.32 Å². The third-order valence-corrected chi connectivity index (χ3v) is 2.55. The van der Waals surface area contributed by atoms with Gasteiger partial charge < -0.3 is 10.1 Å². The molecule has 0 heterocycles. The lowest BCUT2D eigenvalue weighted by Crippen LogP contribution is -2.38. The van der Waals surface area contributed by atoms with Crippen LogP contribution in [0.2, 0.25) is 0 Å². The molecule has 0 saturated heterocycles. The molecule has 21 heavy (non-hydrogen) atoms. The molecule has 112 valence electrons. The predicted octanol–water partition coefficient (Wildman–Crippen LogP) is 1.68. The number of rotatable bonds is 6. The molecule has 0 saturated carbocycles. The zero-order chi connectivity index (χ0) is 15.8. The van der Waals surface area contributed by atoms with Crippen LogP contribution in [-0.4, -0.2) is 29.4 Å². The van der Waals surface area contributed by atoms with Crippen LogP contribution in [0.25, 0.3) is 6.08 Å². The summed E-state index contributed by atoms with van der Waals surface area (Å²) in [7, 11) is 0. The first kappa shape index (κ1) is 16.4. The number of nitrogens with one attached hydrogen (secondary N) is 1. The van der Waals surface area contributed by atoms with Crippen LogP contribution < -0.4 is 5.32 Å². The lowest BCUT2D eigenvalue weighted by atomic mass is 10.1. The molecule has 0 aliphatic rings. The molecule has 1 rings (SSSR count). The van der Waals surface area contributed by atoms with Crippen LogP contribution in [-0.2, 0) is 14.3 Å². The summed E-state index contributed by atoms with van der Waals surface area (Å²) in [5.74, 6) is -1.07. The Balaban J connectivity index is 2.71. The molecule has 1 atom stereocenters. The van der Waals surface area contributed by atoms with Crippen molar-refractivity contribution in [2.75, 3.05) is 6.61 Å². The van der Waals surface area contributed by atoms with Crippen LogP contribution in [0.5, 0.6) is 0 Å². The van der Waals surface area contributed by atoms with Crippen LogP contribution in [0.4, 0.5) is 5.69 Å². The first-order valence-corrected chi connectivity index (χ1v) is 6.34. The number of nitro benzene ring substituents is 1. The predicted molar refractivity (Wildman–Crippen MR) is 76.4 cm³/mol. The van der Waals surface area contributed by atoms with E-state index < -0.39 is 22.8 Å². The van der Waals surface area contributed by atoms with Crippen molar-refractivity contribution in [3.8, 4) is 0 Å². The molecule has 7 heteroatoms. The van der Waals surface area contributed by atoms with Gasteiger partial charge in [0, 0.05) is 12.1 Å². The molecule has 1 aromatic carbocycles. The van der Waals surface area contributed by atoms with Gasteiger partial charge in [-0.25, -0.2) is 4.79 Å². The van der Waals surface area contributed by atoms with Crippen LogP contribution in [0.1, 0.15) is 19.4 Å². The maximum absolute atomic E-state index is 11.6. The van der Waals surface area contributed by atoms with Gasteiger partial charge in [0.25, 0.3) is 5.69 Å². The van der Waals surface area contributed by atoms with Crippen molar-refractivity contribution in [3.63, 3.8) is 0 Å². The van der Waals surface area contributed by atoms with Gasteiger partial charge in [-0.15, -0.1) is 0 Å². The highest BCUT2D eigenvalue weighted by Crippen LogP contribution is 2.18. The second-order valence-corrected chi connectivity index (χ2v) is 4.13. The molecule has 7 nitrogen and oxygen atoms in total. The van der Waals surface area contributed by atoms with Crippen molar-refractivity contribution >= 4 is 23.6 Å². The van der Waals surface area contributed by atoms with E-state index in [-0.39, 0.29) is 12.3 Å². The number of para-hydroxylation sites is 1. The summed E-state index contributed by atoms with van der Waals surface area (Å²) < 4.78 is 4.75. The highest BCUT2D eigenvalue weighted by molar-refractivity contribution is 5.94. The molecular formula is C14H16N2O5. The van der Waals surface area contributed by atoms with E-state index in [4.69, 9.17) is 4.74 Å². The monoisotopic (exact) mass is 292 g/mol. The molecule has 0 aliphatic heterocycles. The van der Waals surface area contributed by atoms with E-state index in [1.165, 1.54) is 25.1 Å². The Labute approximate surface area is 121 Å². The zero-order valence-corrected chi connectivity index (χ0v) is 11.7. The number of carbonyl (C=O) groups is 2. The Hall–Kier alpha value is -2.70. The highest BCUT2D eigenvalue weighted by Gasteiger charge is 2.15. The van der Waals surface area contributed by atoms with Crippen LogP contribution in [0.3, 0.4) is 0 Å². The second kappa shape index (κ2) is 7.78.